The molecule has 1 heterocycles. The smallest absolute Gasteiger partial charge is 0.231 e. The van der Waals surface area contributed by atoms with Gasteiger partial charge in [0.2, 0.25) is 6.79 Å². The summed E-state index contributed by atoms with van der Waals surface area (Å²) in [5.74, 6) is 1.32. The van der Waals surface area contributed by atoms with Gasteiger partial charge in [-0.2, -0.15) is 0 Å². The van der Waals surface area contributed by atoms with Gasteiger partial charge in [-0.3, -0.25) is 0 Å². The van der Waals surface area contributed by atoms with E-state index >= 15 is 0 Å². The summed E-state index contributed by atoms with van der Waals surface area (Å²) < 4.78 is 11.5. The van der Waals surface area contributed by atoms with Crippen LogP contribution in [-0.2, 0) is 0 Å². The van der Waals surface area contributed by atoms with Crippen LogP contribution in [0.25, 0.3) is 0 Å². The number of rotatable bonds is 3. The first-order valence-corrected chi connectivity index (χ1v) is 5.43. The van der Waals surface area contributed by atoms with Crippen LogP contribution in [0.2, 0.25) is 0 Å². The lowest BCUT2D eigenvalue weighted by molar-refractivity contribution is 0.157. The van der Waals surface area contributed by atoms with Gasteiger partial charge in [0.1, 0.15) is 0 Å². The van der Waals surface area contributed by atoms with Crippen molar-refractivity contribution in [2.45, 2.75) is 6.10 Å². The molecule has 0 aliphatic carbocycles. The standard InChI is InChI=1S/C10H12BrNO3/c1-12-4-8(13)7-2-6(11)3-9-10(7)15-5-14-9/h2-3,8,12-13H,4-5H2,1H3. The molecule has 82 valence electrons. The van der Waals surface area contributed by atoms with E-state index in [4.69, 9.17) is 9.47 Å². The second kappa shape index (κ2) is 4.38. The van der Waals surface area contributed by atoms with Crippen molar-refractivity contribution < 1.29 is 14.6 Å². The number of hydrogen-bond acceptors (Lipinski definition) is 4. The average Bonchev–Trinajstić information content (AvgIpc) is 2.64. The highest BCUT2D eigenvalue weighted by Crippen LogP contribution is 2.40. The molecule has 2 N–H and O–H groups in total. The minimum Gasteiger partial charge on any atom is -0.454 e. The summed E-state index contributed by atoms with van der Waals surface area (Å²) in [6, 6.07) is 3.67. The number of halogens is 1. The van der Waals surface area contributed by atoms with Gasteiger partial charge in [0.25, 0.3) is 0 Å². The molecule has 0 fully saturated rings. The van der Waals surface area contributed by atoms with Gasteiger partial charge in [-0.1, -0.05) is 15.9 Å². The molecular weight excluding hydrogens is 262 g/mol. The van der Waals surface area contributed by atoms with Crippen LogP contribution in [0.15, 0.2) is 16.6 Å². The van der Waals surface area contributed by atoms with Crippen molar-refractivity contribution in [3.05, 3.63) is 22.2 Å². The van der Waals surface area contributed by atoms with E-state index in [0.717, 1.165) is 10.0 Å². The largest absolute Gasteiger partial charge is 0.454 e. The number of benzene rings is 1. The summed E-state index contributed by atoms with van der Waals surface area (Å²) in [5, 5.41) is 12.8. The van der Waals surface area contributed by atoms with Gasteiger partial charge in [0.05, 0.1) is 6.10 Å². The average molecular weight is 274 g/mol. The minimum absolute atomic E-state index is 0.213. The maximum atomic E-state index is 9.89. The maximum Gasteiger partial charge on any atom is 0.231 e. The number of ether oxygens (including phenoxy) is 2. The van der Waals surface area contributed by atoms with Crippen LogP contribution in [0.3, 0.4) is 0 Å². The van der Waals surface area contributed by atoms with E-state index < -0.39 is 6.10 Å². The molecule has 0 amide bonds. The molecule has 0 aromatic heterocycles. The summed E-state index contributed by atoms with van der Waals surface area (Å²) in [6.07, 6.45) is -0.594. The predicted molar refractivity (Wildman–Crippen MR) is 59.2 cm³/mol. The third kappa shape index (κ3) is 2.09. The third-order valence-corrected chi connectivity index (χ3v) is 2.68. The number of aliphatic hydroxyl groups excluding tert-OH is 1. The highest BCUT2D eigenvalue weighted by atomic mass is 79.9. The zero-order chi connectivity index (χ0) is 10.8. The molecule has 15 heavy (non-hydrogen) atoms. The van der Waals surface area contributed by atoms with E-state index in [9.17, 15) is 5.11 Å². The zero-order valence-electron chi connectivity index (χ0n) is 8.29. The monoisotopic (exact) mass is 273 g/mol. The Balaban J connectivity index is 2.37. The van der Waals surface area contributed by atoms with Crippen LogP contribution < -0.4 is 14.8 Å². The highest BCUT2D eigenvalue weighted by molar-refractivity contribution is 9.10. The molecule has 1 aliphatic rings. The van der Waals surface area contributed by atoms with Crippen LogP contribution in [0.4, 0.5) is 0 Å². The maximum absolute atomic E-state index is 9.89. The highest BCUT2D eigenvalue weighted by Gasteiger charge is 2.22. The molecule has 0 saturated heterocycles. The molecule has 0 radical (unpaired) electrons. The SMILES string of the molecule is CNCC(O)c1cc(Br)cc2c1OCO2. The van der Waals surface area contributed by atoms with Crippen molar-refractivity contribution in [1.29, 1.82) is 0 Å². The quantitative estimate of drug-likeness (QED) is 0.875. The Bertz CT molecular complexity index is 370. The third-order valence-electron chi connectivity index (χ3n) is 2.22. The van der Waals surface area contributed by atoms with Crippen molar-refractivity contribution in [2.24, 2.45) is 0 Å². The molecule has 1 aliphatic heterocycles. The molecule has 2 rings (SSSR count). The van der Waals surface area contributed by atoms with E-state index in [-0.39, 0.29) is 6.79 Å². The Morgan fingerprint density at radius 1 is 1.53 bits per heavy atom. The lowest BCUT2D eigenvalue weighted by Gasteiger charge is -2.13. The second-order valence-corrected chi connectivity index (χ2v) is 4.22. The fourth-order valence-electron chi connectivity index (χ4n) is 1.55. The van der Waals surface area contributed by atoms with E-state index in [1.807, 2.05) is 12.1 Å². The molecule has 1 atom stereocenters. The molecule has 5 heteroatoms. The number of aliphatic hydroxyl groups is 1. The van der Waals surface area contributed by atoms with Crippen LogP contribution in [0.1, 0.15) is 11.7 Å². The van der Waals surface area contributed by atoms with Gasteiger partial charge in [0, 0.05) is 16.6 Å². The number of hydrogen-bond donors (Lipinski definition) is 2. The Labute approximate surface area is 96.3 Å². The van der Waals surface area contributed by atoms with Gasteiger partial charge >= 0.3 is 0 Å². The summed E-state index contributed by atoms with van der Waals surface area (Å²) in [6.45, 7) is 0.692. The summed E-state index contributed by atoms with van der Waals surface area (Å²) in [7, 11) is 1.79. The fourth-order valence-corrected chi connectivity index (χ4v) is 2.01. The van der Waals surface area contributed by atoms with E-state index in [1.165, 1.54) is 0 Å². The van der Waals surface area contributed by atoms with Crippen molar-refractivity contribution in [1.82, 2.24) is 5.32 Å². The Morgan fingerprint density at radius 2 is 2.33 bits per heavy atom. The van der Waals surface area contributed by atoms with E-state index in [0.29, 0.717) is 18.0 Å². The van der Waals surface area contributed by atoms with E-state index in [2.05, 4.69) is 21.2 Å². The molecular formula is C10H12BrNO3. The Morgan fingerprint density at radius 3 is 3.07 bits per heavy atom. The normalized spacial score (nSPS) is 15.4. The van der Waals surface area contributed by atoms with Crippen LogP contribution in [-0.4, -0.2) is 25.5 Å². The van der Waals surface area contributed by atoms with Crippen LogP contribution in [0, 0.1) is 0 Å². The first-order chi connectivity index (χ1) is 7.22. The van der Waals surface area contributed by atoms with Gasteiger partial charge in [-0.05, 0) is 19.2 Å². The summed E-state index contributed by atoms with van der Waals surface area (Å²) in [4.78, 5) is 0. The molecule has 0 spiro atoms. The molecule has 1 aromatic rings. The van der Waals surface area contributed by atoms with Crippen LogP contribution in [0.5, 0.6) is 11.5 Å². The van der Waals surface area contributed by atoms with E-state index in [1.54, 1.807) is 7.05 Å². The van der Waals surface area contributed by atoms with Crippen molar-refractivity contribution in [3.63, 3.8) is 0 Å². The van der Waals surface area contributed by atoms with Crippen molar-refractivity contribution in [3.8, 4) is 11.5 Å². The Kier molecular flexibility index (Phi) is 3.14. The predicted octanol–water partition coefficient (Wildman–Crippen LogP) is 1.43. The van der Waals surface area contributed by atoms with Gasteiger partial charge in [-0.15, -0.1) is 0 Å². The number of fused-ring (bicyclic) bond motifs is 1. The van der Waals surface area contributed by atoms with Gasteiger partial charge in [-0.25, -0.2) is 0 Å². The van der Waals surface area contributed by atoms with Gasteiger partial charge in [0.15, 0.2) is 11.5 Å². The van der Waals surface area contributed by atoms with Crippen molar-refractivity contribution in [2.75, 3.05) is 20.4 Å². The Hall–Kier alpha value is -0.780. The second-order valence-electron chi connectivity index (χ2n) is 3.30. The molecule has 0 bridgehead atoms. The van der Waals surface area contributed by atoms with Crippen LogP contribution >= 0.6 is 15.9 Å². The zero-order valence-corrected chi connectivity index (χ0v) is 9.87. The number of nitrogens with one attached hydrogen (secondary N) is 1. The lowest BCUT2D eigenvalue weighted by Crippen LogP contribution is -2.17. The molecule has 4 nitrogen and oxygen atoms in total. The molecule has 0 saturated carbocycles. The first-order valence-electron chi connectivity index (χ1n) is 4.64. The summed E-state index contributed by atoms with van der Waals surface area (Å²) in [5.41, 5.74) is 0.742. The molecule has 1 aromatic carbocycles. The minimum atomic E-state index is -0.594. The lowest BCUT2D eigenvalue weighted by atomic mass is 10.1. The fraction of sp³-hybridized carbons (Fsp3) is 0.400. The number of likely N-dealkylation sites (N-methyl/N-ethyl adjacent to an activating group) is 1. The summed E-state index contributed by atoms with van der Waals surface area (Å²) >= 11 is 3.37. The first kappa shape index (κ1) is 10.7. The topological polar surface area (TPSA) is 50.7 Å². The molecule has 1 unspecified atom stereocenters. The van der Waals surface area contributed by atoms with Crippen molar-refractivity contribution >= 4 is 15.9 Å². The van der Waals surface area contributed by atoms with Gasteiger partial charge < -0.3 is 19.9 Å².